The molecule has 2 aliphatic heterocycles. The van der Waals surface area contributed by atoms with Crippen molar-refractivity contribution in [3.8, 4) is 0 Å². The summed E-state index contributed by atoms with van der Waals surface area (Å²) in [6.45, 7) is 5.52. The third kappa shape index (κ3) is 10.4. The first-order valence-corrected chi connectivity index (χ1v) is 18.7. The Morgan fingerprint density at radius 3 is 1.81 bits per heavy atom. The SMILES string of the molecule is CC1(C)OCC2O[C@@H](OCC(OCc3ccccc3)C(OCc3ccccc3)C(COCc3ccc4ccccc4c3)OCc3ccccc3)[C@@H](O)C2O1. The number of fused-ring (bicyclic) bond motifs is 2. The molecule has 2 fully saturated rings. The molecule has 5 unspecified atom stereocenters. The number of rotatable bonds is 18. The van der Waals surface area contributed by atoms with Gasteiger partial charge in [0.25, 0.3) is 0 Å². The first-order chi connectivity index (χ1) is 26.4. The highest BCUT2D eigenvalue weighted by atomic mass is 16.8. The van der Waals surface area contributed by atoms with Gasteiger partial charge in [0.1, 0.15) is 36.6 Å². The molecule has 7 atom stereocenters. The lowest BCUT2D eigenvalue weighted by molar-refractivity contribution is -0.300. The number of aliphatic hydroxyl groups is 1. The van der Waals surface area contributed by atoms with Gasteiger partial charge >= 0.3 is 0 Å². The standard InChI is InChI=1S/C45H50O9/c1-45(2)52-31-40-43(54-45)41(46)44(53-40)51-30-39(49-27-33-16-8-4-9-17-33)42(50-28-34-18-10-5-11-19-34)38(48-26-32-14-6-3-7-15-32)29-47-25-35-22-23-36-20-12-13-21-37(36)24-35/h3-24,38-44,46H,25-31H2,1-2H3/t38?,39?,40?,41-,42?,43?,44+/m0/s1. The topological polar surface area (TPSA) is 94.1 Å². The average Bonchev–Trinajstić information content (AvgIpc) is 3.51. The maximum absolute atomic E-state index is 11.3. The maximum Gasteiger partial charge on any atom is 0.186 e. The number of hydrogen-bond acceptors (Lipinski definition) is 9. The van der Waals surface area contributed by atoms with Crippen LogP contribution in [-0.2, 0) is 64.3 Å². The molecule has 5 aromatic rings. The monoisotopic (exact) mass is 734 g/mol. The Morgan fingerprint density at radius 1 is 0.630 bits per heavy atom. The van der Waals surface area contributed by atoms with Crippen molar-refractivity contribution < 1.29 is 43.0 Å². The van der Waals surface area contributed by atoms with Crippen LogP contribution in [0.3, 0.4) is 0 Å². The van der Waals surface area contributed by atoms with Crippen molar-refractivity contribution in [2.24, 2.45) is 0 Å². The van der Waals surface area contributed by atoms with Gasteiger partial charge in [-0.15, -0.1) is 0 Å². The van der Waals surface area contributed by atoms with Gasteiger partial charge in [-0.05, 0) is 52.9 Å². The fraction of sp³-hybridized carbons (Fsp3) is 0.378. The third-order valence-corrected chi connectivity index (χ3v) is 9.73. The Balaban J connectivity index is 1.14. The molecule has 9 heteroatoms. The molecule has 5 aromatic carbocycles. The van der Waals surface area contributed by atoms with Crippen LogP contribution in [0.1, 0.15) is 36.1 Å². The number of hydrogen-bond donors (Lipinski definition) is 1. The molecule has 2 saturated heterocycles. The zero-order chi connectivity index (χ0) is 37.2. The van der Waals surface area contributed by atoms with E-state index < -0.39 is 48.7 Å². The fourth-order valence-corrected chi connectivity index (χ4v) is 6.83. The molecule has 0 aliphatic carbocycles. The van der Waals surface area contributed by atoms with E-state index in [1.807, 2.05) is 117 Å². The zero-order valence-electron chi connectivity index (χ0n) is 30.9. The van der Waals surface area contributed by atoms with Crippen LogP contribution in [0.2, 0.25) is 0 Å². The predicted octanol–water partition coefficient (Wildman–Crippen LogP) is 7.37. The largest absolute Gasteiger partial charge is 0.385 e. The quantitative estimate of drug-likeness (QED) is 0.0991. The molecule has 1 N–H and O–H groups in total. The molecule has 0 saturated carbocycles. The lowest BCUT2D eigenvalue weighted by atomic mass is 10.1. The normalized spacial score (nSPS) is 22.4. The van der Waals surface area contributed by atoms with Crippen LogP contribution in [0, 0.1) is 0 Å². The van der Waals surface area contributed by atoms with E-state index in [4.69, 9.17) is 37.9 Å². The van der Waals surface area contributed by atoms with Crippen LogP contribution in [-0.4, -0.2) is 73.6 Å². The Morgan fingerprint density at radius 2 is 1.19 bits per heavy atom. The van der Waals surface area contributed by atoms with E-state index in [2.05, 4.69) is 30.3 Å². The summed E-state index contributed by atoms with van der Waals surface area (Å²) in [6.07, 6.45) is -4.92. The molecule has 9 nitrogen and oxygen atoms in total. The molecule has 0 aromatic heterocycles. The number of aliphatic hydroxyl groups excluding tert-OH is 1. The van der Waals surface area contributed by atoms with Crippen LogP contribution in [0.15, 0.2) is 133 Å². The first-order valence-electron chi connectivity index (χ1n) is 18.7. The lowest BCUT2D eigenvalue weighted by Gasteiger charge is -2.37. The highest BCUT2D eigenvalue weighted by Gasteiger charge is 2.51. The summed E-state index contributed by atoms with van der Waals surface area (Å²) >= 11 is 0. The Bertz CT molecular complexity index is 1860. The van der Waals surface area contributed by atoms with Gasteiger partial charge in [-0.1, -0.05) is 127 Å². The van der Waals surface area contributed by atoms with Crippen LogP contribution in [0.4, 0.5) is 0 Å². The van der Waals surface area contributed by atoms with Gasteiger partial charge in [-0.3, -0.25) is 0 Å². The number of benzene rings is 5. The smallest absolute Gasteiger partial charge is 0.186 e. The molecule has 0 bridgehead atoms. The molecular weight excluding hydrogens is 684 g/mol. The van der Waals surface area contributed by atoms with Crippen molar-refractivity contribution in [1.82, 2.24) is 0 Å². The third-order valence-electron chi connectivity index (χ3n) is 9.73. The van der Waals surface area contributed by atoms with E-state index in [1.54, 1.807) is 0 Å². The highest BCUT2D eigenvalue weighted by molar-refractivity contribution is 5.82. The lowest BCUT2D eigenvalue weighted by Crippen LogP contribution is -2.50. The Hall–Kier alpha value is -4.00. The summed E-state index contributed by atoms with van der Waals surface area (Å²) in [7, 11) is 0. The molecule has 0 amide bonds. The van der Waals surface area contributed by atoms with Crippen LogP contribution in [0.25, 0.3) is 10.8 Å². The van der Waals surface area contributed by atoms with Gasteiger partial charge in [0.15, 0.2) is 12.1 Å². The van der Waals surface area contributed by atoms with E-state index in [9.17, 15) is 5.11 Å². The van der Waals surface area contributed by atoms with E-state index in [0.717, 1.165) is 27.6 Å². The average molecular weight is 735 g/mol. The van der Waals surface area contributed by atoms with Crippen LogP contribution >= 0.6 is 0 Å². The second-order valence-corrected chi connectivity index (χ2v) is 14.3. The molecule has 2 aliphatic rings. The van der Waals surface area contributed by atoms with Crippen molar-refractivity contribution in [2.75, 3.05) is 19.8 Å². The highest BCUT2D eigenvalue weighted by Crippen LogP contribution is 2.34. The minimum absolute atomic E-state index is 0.0353. The Labute approximate surface area is 317 Å². The first kappa shape index (κ1) is 38.3. The minimum atomic E-state index is -1.02. The van der Waals surface area contributed by atoms with E-state index in [0.29, 0.717) is 26.4 Å². The molecule has 284 valence electrons. The fourth-order valence-electron chi connectivity index (χ4n) is 6.83. The second-order valence-electron chi connectivity index (χ2n) is 14.3. The van der Waals surface area contributed by atoms with E-state index >= 15 is 0 Å². The summed E-state index contributed by atoms with van der Waals surface area (Å²) in [4.78, 5) is 0. The zero-order valence-corrected chi connectivity index (χ0v) is 30.9. The summed E-state index contributed by atoms with van der Waals surface area (Å²) in [6, 6.07) is 44.6. The summed E-state index contributed by atoms with van der Waals surface area (Å²) in [5, 5.41) is 13.6. The molecular formula is C45H50O9. The number of ether oxygens (including phenoxy) is 8. The minimum Gasteiger partial charge on any atom is -0.385 e. The van der Waals surface area contributed by atoms with Crippen molar-refractivity contribution in [3.05, 3.63) is 156 Å². The van der Waals surface area contributed by atoms with Gasteiger partial charge in [0.05, 0.1) is 46.2 Å². The Kier molecular flexibility index (Phi) is 13.2. The van der Waals surface area contributed by atoms with Crippen molar-refractivity contribution in [2.45, 2.75) is 89.0 Å². The second kappa shape index (κ2) is 18.6. The van der Waals surface area contributed by atoms with Gasteiger partial charge < -0.3 is 43.0 Å². The van der Waals surface area contributed by atoms with Gasteiger partial charge in [-0.25, -0.2) is 0 Å². The molecule has 54 heavy (non-hydrogen) atoms. The van der Waals surface area contributed by atoms with Gasteiger partial charge in [0.2, 0.25) is 0 Å². The maximum atomic E-state index is 11.3. The van der Waals surface area contributed by atoms with E-state index in [-0.39, 0.29) is 19.8 Å². The molecule has 0 spiro atoms. The molecule has 2 heterocycles. The van der Waals surface area contributed by atoms with Crippen molar-refractivity contribution >= 4 is 10.8 Å². The summed E-state index contributed by atoms with van der Waals surface area (Å²) in [5.41, 5.74) is 4.07. The molecule has 7 rings (SSSR count). The van der Waals surface area contributed by atoms with Crippen LogP contribution < -0.4 is 0 Å². The van der Waals surface area contributed by atoms with Crippen molar-refractivity contribution in [3.63, 3.8) is 0 Å². The van der Waals surface area contributed by atoms with Crippen molar-refractivity contribution in [1.29, 1.82) is 0 Å². The molecule has 0 radical (unpaired) electrons. The van der Waals surface area contributed by atoms with Gasteiger partial charge in [-0.2, -0.15) is 0 Å². The van der Waals surface area contributed by atoms with E-state index in [1.165, 1.54) is 5.39 Å². The van der Waals surface area contributed by atoms with Gasteiger partial charge in [0, 0.05) is 0 Å². The predicted molar refractivity (Wildman–Crippen MR) is 204 cm³/mol. The van der Waals surface area contributed by atoms with Crippen LogP contribution in [0.5, 0.6) is 0 Å². The summed E-state index contributed by atoms with van der Waals surface area (Å²) in [5.74, 6) is -0.839. The summed E-state index contributed by atoms with van der Waals surface area (Å²) < 4.78 is 51.0.